The summed E-state index contributed by atoms with van der Waals surface area (Å²) in [6, 6.07) is 17.1. The zero-order valence-electron chi connectivity index (χ0n) is 23.8. The Labute approximate surface area is 262 Å². The molecule has 7 nitrogen and oxygen atoms in total. The van der Waals surface area contributed by atoms with Crippen molar-refractivity contribution in [2.75, 3.05) is 37.6 Å². The molecule has 0 radical (unpaired) electrons. The number of carbonyl (C=O) groups excluding carboxylic acids is 2. The lowest BCUT2D eigenvalue weighted by atomic mass is 10.0. The van der Waals surface area contributed by atoms with Crippen LogP contribution in [0.15, 0.2) is 60.0 Å². The number of thiophene rings is 1. The standard InChI is InChI=1S/C32H39Cl2N5O2S/c33-25-12-11-23(28(34)21-25)20-29(37-32(41)36-26-7-2-3-8-26)31(40)39-17-15-38(16-18-39)30-10-4-1-6-24(30)22-35-14-13-27-9-5-19-42-27/h1,4-6,9-12,19,21,26,29,35H,2-3,7-8,13-18,20,22H2,(H2,36,37,41)/t29-/m1/s1. The molecule has 1 aliphatic heterocycles. The number of urea groups is 1. The minimum atomic E-state index is -0.725. The lowest BCUT2D eigenvalue weighted by Gasteiger charge is -2.38. The fourth-order valence-corrected chi connectivity index (χ4v) is 7.00. The molecule has 1 saturated carbocycles. The Bertz CT molecular complexity index is 1320. The van der Waals surface area contributed by atoms with Crippen LogP contribution in [0, 0.1) is 0 Å². The maximum atomic E-state index is 13.8. The Kier molecular flexibility index (Phi) is 11.0. The first-order valence-electron chi connectivity index (χ1n) is 14.8. The molecule has 2 fully saturated rings. The number of nitrogens with one attached hydrogen (secondary N) is 3. The second-order valence-electron chi connectivity index (χ2n) is 11.0. The Morgan fingerprint density at radius 1 is 0.952 bits per heavy atom. The molecule has 1 atom stereocenters. The molecule has 0 unspecified atom stereocenters. The van der Waals surface area contributed by atoms with E-state index in [4.69, 9.17) is 23.2 Å². The van der Waals surface area contributed by atoms with Crippen LogP contribution in [0.1, 0.15) is 41.7 Å². The van der Waals surface area contributed by atoms with Crippen LogP contribution in [0.2, 0.25) is 10.0 Å². The van der Waals surface area contributed by atoms with E-state index in [9.17, 15) is 9.59 Å². The summed E-state index contributed by atoms with van der Waals surface area (Å²) in [6.45, 7) is 4.33. The maximum absolute atomic E-state index is 13.8. The minimum Gasteiger partial charge on any atom is -0.368 e. The molecule has 0 spiro atoms. The summed E-state index contributed by atoms with van der Waals surface area (Å²) in [5.41, 5.74) is 3.23. The van der Waals surface area contributed by atoms with Crippen molar-refractivity contribution in [2.45, 2.75) is 57.2 Å². The second kappa shape index (κ2) is 15.1. The number of hydrogen-bond acceptors (Lipinski definition) is 5. The quantitative estimate of drug-likeness (QED) is 0.232. The van der Waals surface area contributed by atoms with Gasteiger partial charge in [-0.05, 0) is 60.0 Å². The number of rotatable bonds is 11. The number of halogens is 2. The minimum absolute atomic E-state index is 0.0919. The third kappa shape index (κ3) is 8.40. The van der Waals surface area contributed by atoms with Crippen molar-refractivity contribution >= 4 is 52.2 Å². The van der Waals surface area contributed by atoms with E-state index in [1.807, 2.05) is 11.0 Å². The Hall–Kier alpha value is -2.78. The summed E-state index contributed by atoms with van der Waals surface area (Å²) in [4.78, 5) is 32.3. The third-order valence-electron chi connectivity index (χ3n) is 8.10. The number of hydrogen-bond donors (Lipinski definition) is 3. The zero-order chi connectivity index (χ0) is 29.3. The highest BCUT2D eigenvalue weighted by Gasteiger charge is 2.30. The smallest absolute Gasteiger partial charge is 0.315 e. The predicted octanol–water partition coefficient (Wildman–Crippen LogP) is 5.89. The van der Waals surface area contributed by atoms with E-state index in [1.54, 1.807) is 23.5 Å². The lowest BCUT2D eigenvalue weighted by molar-refractivity contribution is -0.133. The molecule has 2 aliphatic rings. The summed E-state index contributed by atoms with van der Waals surface area (Å²) in [5.74, 6) is -0.0919. The van der Waals surface area contributed by atoms with Gasteiger partial charge in [-0.2, -0.15) is 0 Å². The Morgan fingerprint density at radius 2 is 1.74 bits per heavy atom. The van der Waals surface area contributed by atoms with Crippen LogP contribution in [0.4, 0.5) is 10.5 Å². The van der Waals surface area contributed by atoms with Gasteiger partial charge in [0.15, 0.2) is 0 Å². The highest BCUT2D eigenvalue weighted by molar-refractivity contribution is 7.09. The number of anilines is 1. The van der Waals surface area contributed by atoms with Crippen LogP contribution in [0.5, 0.6) is 0 Å². The number of carbonyl (C=O) groups is 2. The number of para-hydroxylation sites is 1. The third-order valence-corrected chi connectivity index (χ3v) is 9.62. The molecule has 1 aromatic heterocycles. The topological polar surface area (TPSA) is 76.7 Å². The van der Waals surface area contributed by atoms with E-state index in [0.717, 1.165) is 63.8 Å². The Balaban J connectivity index is 1.20. The van der Waals surface area contributed by atoms with Crippen molar-refractivity contribution in [3.05, 3.63) is 86.0 Å². The van der Waals surface area contributed by atoms with Gasteiger partial charge in [0.25, 0.3) is 0 Å². The van der Waals surface area contributed by atoms with Crippen LogP contribution in [-0.4, -0.2) is 61.6 Å². The van der Waals surface area contributed by atoms with Gasteiger partial charge in [-0.1, -0.05) is 66.4 Å². The van der Waals surface area contributed by atoms with Crippen LogP contribution in [-0.2, 0) is 24.2 Å². The average molecular weight is 629 g/mol. The van der Waals surface area contributed by atoms with Crippen molar-refractivity contribution in [1.29, 1.82) is 0 Å². The van der Waals surface area contributed by atoms with Gasteiger partial charge in [-0.15, -0.1) is 11.3 Å². The van der Waals surface area contributed by atoms with E-state index in [1.165, 1.54) is 16.1 Å². The molecule has 1 saturated heterocycles. The van der Waals surface area contributed by atoms with Gasteiger partial charge in [0.05, 0.1) is 0 Å². The second-order valence-corrected chi connectivity index (χ2v) is 12.9. The van der Waals surface area contributed by atoms with Crippen molar-refractivity contribution in [2.24, 2.45) is 0 Å². The fraction of sp³-hybridized carbons (Fsp3) is 0.438. The van der Waals surface area contributed by atoms with Gasteiger partial charge in [-0.3, -0.25) is 4.79 Å². The molecule has 3 amide bonds. The van der Waals surface area contributed by atoms with Crippen LogP contribution < -0.4 is 20.9 Å². The van der Waals surface area contributed by atoms with Crippen molar-refractivity contribution in [3.63, 3.8) is 0 Å². The first-order chi connectivity index (χ1) is 20.5. The van der Waals surface area contributed by atoms with Crippen LogP contribution in [0.25, 0.3) is 0 Å². The lowest BCUT2D eigenvalue weighted by Crippen LogP contribution is -2.57. The SMILES string of the molecule is O=C(NC1CCCC1)N[C@H](Cc1ccc(Cl)cc1Cl)C(=O)N1CCN(c2ccccc2CNCCc2cccs2)CC1. The number of benzene rings is 2. The zero-order valence-corrected chi connectivity index (χ0v) is 26.1. The molecule has 3 aromatic rings. The van der Waals surface area contributed by atoms with E-state index in [-0.39, 0.29) is 18.0 Å². The summed E-state index contributed by atoms with van der Waals surface area (Å²) in [6.07, 6.45) is 5.51. The summed E-state index contributed by atoms with van der Waals surface area (Å²) in [7, 11) is 0. The first-order valence-corrected chi connectivity index (χ1v) is 16.5. The number of amides is 3. The van der Waals surface area contributed by atoms with Gasteiger partial charge in [-0.25, -0.2) is 4.79 Å². The van der Waals surface area contributed by atoms with Gasteiger partial charge in [0.1, 0.15) is 6.04 Å². The molecule has 10 heteroatoms. The van der Waals surface area contributed by atoms with E-state index in [0.29, 0.717) is 29.6 Å². The summed E-state index contributed by atoms with van der Waals surface area (Å²) in [5, 5.41) is 12.7. The predicted molar refractivity (Wildman–Crippen MR) is 173 cm³/mol. The normalized spacial score (nSPS) is 16.4. The first kappa shape index (κ1) is 30.7. The van der Waals surface area contributed by atoms with Crippen molar-refractivity contribution < 1.29 is 9.59 Å². The largest absolute Gasteiger partial charge is 0.368 e. The summed E-state index contributed by atoms with van der Waals surface area (Å²) < 4.78 is 0. The van der Waals surface area contributed by atoms with Crippen molar-refractivity contribution in [1.82, 2.24) is 20.9 Å². The highest BCUT2D eigenvalue weighted by atomic mass is 35.5. The van der Waals surface area contributed by atoms with Gasteiger partial charge in [0, 0.05) is 72.3 Å². The van der Waals surface area contributed by atoms with Gasteiger partial charge in [0.2, 0.25) is 5.91 Å². The molecular weight excluding hydrogens is 589 g/mol. The molecule has 3 N–H and O–H groups in total. The Morgan fingerprint density at radius 3 is 2.48 bits per heavy atom. The van der Waals surface area contributed by atoms with Gasteiger partial charge >= 0.3 is 6.03 Å². The van der Waals surface area contributed by atoms with Gasteiger partial charge < -0.3 is 25.8 Å². The molecule has 1 aliphatic carbocycles. The van der Waals surface area contributed by atoms with Crippen LogP contribution in [0.3, 0.4) is 0 Å². The summed E-state index contributed by atoms with van der Waals surface area (Å²) >= 11 is 14.4. The van der Waals surface area contributed by atoms with Crippen LogP contribution >= 0.6 is 34.5 Å². The molecular formula is C32H39Cl2N5O2S. The average Bonchev–Trinajstić information content (AvgIpc) is 3.71. The number of nitrogens with zero attached hydrogens (tertiary/aromatic N) is 2. The number of piperazine rings is 1. The molecule has 42 heavy (non-hydrogen) atoms. The molecule has 5 rings (SSSR count). The van der Waals surface area contributed by atoms with Crippen molar-refractivity contribution in [3.8, 4) is 0 Å². The fourth-order valence-electron chi connectivity index (χ4n) is 5.81. The molecule has 0 bridgehead atoms. The highest BCUT2D eigenvalue weighted by Crippen LogP contribution is 2.25. The molecule has 224 valence electrons. The molecule has 2 heterocycles. The van der Waals surface area contributed by atoms with E-state index in [2.05, 4.69) is 62.6 Å². The maximum Gasteiger partial charge on any atom is 0.315 e. The monoisotopic (exact) mass is 627 g/mol. The molecule has 2 aromatic carbocycles. The van der Waals surface area contributed by atoms with E-state index < -0.39 is 6.04 Å². The van der Waals surface area contributed by atoms with E-state index >= 15 is 0 Å².